The summed E-state index contributed by atoms with van der Waals surface area (Å²) in [7, 11) is 0. The Bertz CT molecular complexity index is 244. The van der Waals surface area contributed by atoms with E-state index in [0.717, 1.165) is 0 Å². The van der Waals surface area contributed by atoms with Gasteiger partial charge in [0, 0.05) is 5.54 Å². The third-order valence-corrected chi connectivity index (χ3v) is 2.11. The maximum Gasteiger partial charge on any atom is 0.410 e. The lowest BCUT2D eigenvalue weighted by molar-refractivity contribution is -0.150. The Morgan fingerprint density at radius 3 is 2.07 bits per heavy atom. The highest BCUT2D eigenvalue weighted by Gasteiger charge is 2.48. The fourth-order valence-electron chi connectivity index (χ4n) is 1.30. The molecule has 0 aromatic rings. The molecule has 0 saturated carbocycles. The van der Waals surface area contributed by atoms with E-state index in [9.17, 15) is 18.0 Å². The monoisotopic (exact) mass is 210 g/mol. The van der Waals surface area contributed by atoms with Crippen molar-refractivity contribution in [2.75, 3.05) is 6.54 Å². The van der Waals surface area contributed by atoms with E-state index in [1.165, 1.54) is 4.90 Å². The molecule has 0 spiro atoms. The fourth-order valence-corrected chi connectivity index (χ4v) is 1.30. The van der Waals surface area contributed by atoms with Crippen molar-refractivity contribution in [3.05, 3.63) is 0 Å². The van der Waals surface area contributed by atoms with Crippen molar-refractivity contribution in [1.29, 1.82) is 0 Å². The molecular formula is C8H13F3N2O. The number of urea groups is 1. The Kier molecular flexibility index (Phi) is 2.41. The number of halogens is 3. The number of carbonyl (C=O) groups is 1. The van der Waals surface area contributed by atoms with Gasteiger partial charge in [-0.1, -0.05) is 0 Å². The minimum atomic E-state index is -4.37. The lowest BCUT2D eigenvalue weighted by atomic mass is 10.1. The van der Waals surface area contributed by atoms with Crippen LogP contribution >= 0.6 is 0 Å². The molecule has 1 heterocycles. The Labute approximate surface area is 80.3 Å². The first-order valence-electron chi connectivity index (χ1n) is 4.27. The van der Waals surface area contributed by atoms with Gasteiger partial charge in [0.1, 0.15) is 6.04 Å². The molecule has 1 N–H and O–H groups in total. The molecule has 14 heavy (non-hydrogen) atoms. The lowest BCUT2D eigenvalue weighted by Gasteiger charge is -2.30. The molecule has 0 aromatic carbocycles. The first-order chi connectivity index (χ1) is 6.12. The van der Waals surface area contributed by atoms with Crippen LogP contribution < -0.4 is 5.32 Å². The van der Waals surface area contributed by atoms with Crippen LogP contribution in [-0.4, -0.2) is 35.2 Å². The number of rotatable bonds is 0. The normalized spacial score (nSPS) is 24.0. The van der Waals surface area contributed by atoms with E-state index in [0.29, 0.717) is 0 Å². The van der Waals surface area contributed by atoms with E-state index in [-0.39, 0.29) is 6.54 Å². The molecule has 1 rings (SSSR count). The third-order valence-electron chi connectivity index (χ3n) is 2.11. The predicted octanol–water partition coefficient (Wildman–Crippen LogP) is 1.74. The molecule has 1 atom stereocenters. The predicted molar refractivity (Wildman–Crippen MR) is 44.8 cm³/mol. The molecule has 0 aromatic heterocycles. The van der Waals surface area contributed by atoms with E-state index in [4.69, 9.17) is 0 Å². The van der Waals surface area contributed by atoms with Gasteiger partial charge in [0.2, 0.25) is 0 Å². The molecule has 0 aliphatic carbocycles. The van der Waals surface area contributed by atoms with Crippen LogP contribution in [0.3, 0.4) is 0 Å². The largest absolute Gasteiger partial charge is 0.410 e. The van der Waals surface area contributed by atoms with Crippen molar-refractivity contribution in [1.82, 2.24) is 10.2 Å². The van der Waals surface area contributed by atoms with Gasteiger partial charge >= 0.3 is 12.2 Å². The molecule has 1 saturated heterocycles. The number of hydrogen-bond acceptors (Lipinski definition) is 1. The smallest absolute Gasteiger partial charge is 0.324 e. The van der Waals surface area contributed by atoms with Crippen LogP contribution in [-0.2, 0) is 0 Å². The standard InChI is InChI=1S/C8H13F3N2O/c1-7(2,3)13-4-5(8(9,10)11)12-6(13)14/h5H,4H2,1-3H3,(H,12,14)/t5-/m0/s1. The zero-order chi connectivity index (χ0) is 11.1. The second kappa shape index (κ2) is 3.03. The summed E-state index contributed by atoms with van der Waals surface area (Å²) in [4.78, 5) is 12.4. The summed E-state index contributed by atoms with van der Waals surface area (Å²) in [6.45, 7) is 4.79. The van der Waals surface area contributed by atoms with Gasteiger partial charge in [-0.2, -0.15) is 13.2 Å². The summed E-state index contributed by atoms with van der Waals surface area (Å²) in [5.74, 6) is 0. The highest BCUT2D eigenvalue weighted by molar-refractivity contribution is 5.77. The average Bonchev–Trinajstić information content (AvgIpc) is 2.27. The molecule has 0 bridgehead atoms. The van der Waals surface area contributed by atoms with Gasteiger partial charge in [-0.3, -0.25) is 0 Å². The van der Waals surface area contributed by atoms with Gasteiger partial charge in [-0.25, -0.2) is 4.79 Å². The summed E-state index contributed by atoms with van der Waals surface area (Å²) in [5.41, 5.74) is -0.579. The molecule has 6 heteroatoms. The van der Waals surface area contributed by atoms with Crippen LogP contribution in [0.15, 0.2) is 0 Å². The highest BCUT2D eigenvalue weighted by Crippen LogP contribution is 2.27. The number of amides is 2. The number of hydrogen-bond donors (Lipinski definition) is 1. The Morgan fingerprint density at radius 1 is 1.36 bits per heavy atom. The van der Waals surface area contributed by atoms with Crippen LogP contribution in [0.4, 0.5) is 18.0 Å². The molecule has 2 amide bonds. The second-order valence-corrected chi connectivity index (χ2v) is 4.33. The Hall–Kier alpha value is -0.940. The molecule has 1 fully saturated rings. The number of nitrogens with zero attached hydrogens (tertiary/aromatic N) is 1. The van der Waals surface area contributed by atoms with Gasteiger partial charge in [0.05, 0.1) is 6.54 Å². The van der Waals surface area contributed by atoms with Gasteiger partial charge in [-0.15, -0.1) is 0 Å². The third kappa shape index (κ3) is 2.10. The highest BCUT2D eigenvalue weighted by atomic mass is 19.4. The molecular weight excluding hydrogens is 197 g/mol. The minimum Gasteiger partial charge on any atom is -0.324 e. The van der Waals surface area contributed by atoms with E-state index in [2.05, 4.69) is 0 Å². The number of alkyl halides is 3. The lowest BCUT2D eigenvalue weighted by Crippen LogP contribution is -2.43. The van der Waals surface area contributed by atoms with Crippen LogP contribution in [0.1, 0.15) is 20.8 Å². The summed E-state index contributed by atoms with van der Waals surface area (Å²) in [5, 5.41) is 1.91. The summed E-state index contributed by atoms with van der Waals surface area (Å²) in [6, 6.07) is -2.39. The zero-order valence-electron chi connectivity index (χ0n) is 8.27. The van der Waals surface area contributed by atoms with E-state index in [1.54, 1.807) is 20.8 Å². The molecule has 0 unspecified atom stereocenters. The molecule has 3 nitrogen and oxygen atoms in total. The van der Waals surface area contributed by atoms with Crippen molar-refractivity contribution >= 4 is 6.03 Å². The van der Waals surface area contributed by atoms with Crippen molar-refractivity contribution in [3.8, 4) is 0 Å². The van der Waals surface area contributed by atoms with Gasteiger partial charge < -0.3 is 10.2 Å². The van der Waals surface area contributed by atoms with Gasteiger partial charge in [-0.05, 0) is 20.8 Å². The van der Waals surface area contributed by atoms with Crippen LogP contribution in [0.5, 0.6) is 0 Å². The second-order valence-electron chi connectivity index (χ2n) is 4.33. The number of nitrogens with one attached hydrogen (secondary N) is 1. The van der Waals surface area contributed by atoms with Crippen LogP contribution in [0, 0.1) is 0 Å². The maximum atomic E-state index is 12.3. The summed E-state index contributed by atoms with van der Waals surface area (Å²) < 4.78 is 36.8. The summed E-state index contributed by atoms with van der Waals surface area (Å²) >= 11 is 0. The topological polar surface area (TPSA) is 32.3 Å². The minimum absolute atomic E-state index is 0.314. The number of carbonyl (C=O) groups excluding carboxylic acids is 1. The van der Waals surface area contributed by atoms with E-state index >= 15 is 0 Å². The van der Waals surface area contributed by atoms with Crippen LogP contribution in [0.2, 0.25) is 0 Å². The van der Waals surface area contributed by atoms with Gasteiger partial charge in [0.15, 0.2) is 0 Å². The van der Waals surface area contributed by atoms with Crippen molar-refractivity contribution < 1.29 is 18.0 Å². The molecule has 1 aliphatic heterocycles. The molecule has 1 aliphatic rings. The van der Waals surface area contributed by atoms with E-state index < -0.39 is 23.8 Å². The van der Waals surface area contributed by atoms with Crippen molar-refractivity contribution in [2.24, 2.45) is 0 Å². The van der Waals surface area contributed by atoms with E-state index in [1.807, 2.05) is 5.32 Å². The molecule has 82 valence electrons. The van der Waals surface area contributed by atoms with Crippen LogP contribution in [0.25, 0.3) is 0 Å². The van der Waals surface area contributed by atoms with Crippen molar-refractivity contribution in [3.63, 3.8) is 0 Å². The molecule has 0 radical (unpaired) electrons. The quantitative estimate of drug-likeness (QED) is 0.649. The fraction of sp³-hybridized carbons (Fsp3) is 0.875. The summed E-state index contributed by atoms with van der Waals surface area (Å²) in [6.07, 6.45) is -4.37. The first kappa shape index (κ1) is 11.1. The van der Waals surface area contributed by atoms with Gasteiger partial charge in [0.25, 0.3) is 0 Å². The SMILES string of the molecule is CC(C)(C)N1C[C@@H](C(F)(F)F)NC1=O. The Morgan fingerprint density at radius 2 is 1.86 bits per heavy atom. The maximum absolute atomic E-state index is 12.3. The van der Waals surface area contributed by atoms with Crippen molar-refractivity contribution in [2.45, 2.75) is 38.5 Å². The first-order valence-corrected chi connectivity index (χ1v) is 4.27. The Balaban J connectivity index is 2.75. The average molecular weight is 210 g/mol. The zero-order valence-corrected chi connectivity index (χ0v) is 8.27.